The van der Waals surface area contributed by atoms with Gasteiger partial charge in [-0.05, 0) is 63.8 Å². The second-order valence-electron chi connectivity index (χ2n) is 7.25. The predicted octanol–water partition coefficient (Wildman–Crippen LogP) is 6.23. The molecule has 1 aliphatic rings. The third-order valence-corrected chi connectivity index (χ3v) is 6.95. The Bertz CT molecular complexity index is 1110. The smallest absolute Gasteiger partial charge is 0.307 e. The third kappa shape index (κ3) is 6.97. The lowest BCUT2D eigenvalue weighted by atomic mass is 10.1. The highest BCUT2D eigenvalue weighted by molar-refractivity contribution is 9.10. The van der Waals surface area contributed by atoms with Crippen molar-refractivity contribution in [1.29, 1.82) is 0 Å². The molecule has 0 spiro atoms. The Morgan fingerprint density at radius 2 is 2.00 bits per heavy atom. The quantitative estimate of drug-likeness (QED) is 0.186. The van der Waals surface area contributed by atoms with Gasteiger partial charge in [0, 0.05) is 11.6 Å². The molecule has 2 aromatic carbocycles. The van der Waals surface area contributed by atoms with Gasteiger partial charge in [0.15, 0.2) is 11.5 Å². The summed E-state index contributed by atoms with van der Waals surface area (Å²) in [6, 6.07) is 11.0. The first-order chi connectivity index (χ1) is 16.3. The van der Waals surface area contributed by atoms with Crippen molar-refractivity contribution in [3.8, 4) is 11.5 Å². The number of thioether (sulfide) groups is 1. The summed E-state index contributed by atoms with van der Waals surface area (Å²) >= 11 is 16.0. The molecule has 1 aliphatic heterocycles. The van der Waals surface area contributed by atoms with Crippen LogP contribution in [0.2, 0.25) is 5.02 Å². The van der Waals surface area contributed by atoms with Gasteiger partial charge in [-0.25, -0.2) is 0 Å². The zero-order valence-electron chi connectivity index (χ0n) is 18.6. The van der Waals surface area contributed by atoms with Crippen molar-refractivity contribution in [3.05, 3.63) is 61.9 Å². The Morgan fingerprint density at radius 3 is 2.68 bits per heavy atom. The molecule has 10 heteroatoms. The van der Waals surface area contributed by atoms with E-state index >= 15 is 0 Å². The van der Waals surface area contributed by atoms with Crippen LogP contribution in [-0.2, 0) is 20.9 Å². The van der Waals surface area contributed by atoms with E-state index in [0.29, 0.717) is 43.4 Å². The molecule has 1 fully saturated rings. The number of hydrogen-bond acceptors (Lipinski definition) is 7. The number of carbonyl (C=O) groups excluding carboxylic acids is 2. The fourth-order valence-electron chi connectivity index (χ4n) is 3.03. The van der Waals surface area contributed by atoms with Gasteiger partial charge in [0.05, 0.1) is 29.5 Å². The Kier molecular flexibility index (Phi) is 9.82. The van der Waals surface area contributed by atoms with Crippen molar-refractivity contribution in [2.45, 2.75) is 26.4 Å². The molecule has 34 heavy (non-hydrogen) atoms. The number of hydrogen-bond donors (Lipinski definition) is 0. The van der Waals surface area contributed by atoms with Gasteiger partial charge in [0.25, 0.3) is 5.91 Å². The maximum atomic E-state index is 12.9. The van der Waals surface area contributed by atoms with Gasteiger partial charge < -0.3 is 14.2 Å². The molecule has 0 aliphatic carbocycles. The summed E-state index contributed by atoms with van der Waals surface area (Å²) in [5.74, 6) is 0.482. The number of benzene rings is 2. The highest BCUT2D eigenvalue weighted by Crippen LogP contribution is 2.39. The van der Waals surface area contributed by atoms with E-state index in [1.165, 1.54) is 16.7 Å². The minimum Gasteiger partial charge on any atom is -0.493 e. The van der Waals surface area contributed by atoms with Gasteiger partial charge in [0.1, 0.15) is 10.9 Å². The number of nitrogens with zero attached hydrogens (tertiary/aromatic N) is 1. The van der Waals surface area contributed by atoms with Crippen LogP contribution in [0.15, 0.2) is 45.8 Å². The minimum atomic E-state index is -0.345. The highest BCUT2D eigenvalue weighted by Gasteiger charge is 2.32. The van der Waals surface area contributed by atoms with Crippen molar-refractivity contribution >= 4 is 73.8 Å². The van der Waals surface area contributed by atoms with Gasteiger partial charge in [-0.2, -0.15) is 0 Å². The maximum absolute atomic E-state index is 12.9. The van der Waals surface area contributed by atoms with Gasteiger partial charge in [-0.1, -0.05) is 54.6 Å². The van der Waals surface area contributed by atoms with Crippen molar-refractivity contribution in [2.75, 3.05) is 20.3 Å². The fraction of sp³-hybridized carbons (Fsp3) is 0.292. The topological polar surface area (TPSA) is 65.1 Å². The van der Waals surface area contributed by atoms with E-state index in [2.05, 4.69) is 15.9 Å². The summed E-state index contributed by atoms with van der Waals surface area (Å²) in [7, 11) is 1.55. The van der Waals surface area contributed by atoms with E-state index in [4.69, 9.17) is 38.0 Å². The largest absolute Gasteiger partial charge is 0.493 e. The normalized spacial score (nSPS) is 14.6. The van der Waals surface area contributed by atoms with Crippen LogP contribution in [0.1, 0.15) is 30.9 Å². The van der Waals surface area contributed by atoms with Crippen molar-refractivity contribution in [1.82, 2.24) is 4.90 Å². The van der Waals surface area contributed by atoms with E-state index in [9.17, 15) is 9.59 Å². The maximum Gasteiger partial charge on any atom is 0.307 e. The number of esters is 1. The molecule has 0 radical (unpaired) electrons. The first-order valence-electron chi connectivity index (χ1n) is 10.5. The van der Waals surface area contributed by atoms with Crippen LogP contribution < -0.4 is 9.47 Å². The summed E-state index contributed by atoms with van der Waals surface area (Å²) in [6.45, 7) is 2.82. The van der Waals surface area contributed by atoms with Crippen LogP contribution in [0, 0.1) is 0 Å². The van der Waals surface area contributed by atoms with Crippen molar-refractivity contribution in [3.63, 3.8) is 0 Å². The molecule has 1 heterocycles. The Morgan fingerprint density at radius 1 is 1.26 bits per heavy atom. The summed E-state index contributed by atoms with van der Waals surface area (Å²) in [5.41, 5.74) is 1.70. The summed E-state index contributed by atoms with van der Waals surface area (Å²) in [5, 5.41) is 0.661. The van der Waals surface area contributed by atoms with E-state index in [0.717, 1.165) is 17.5 Å². The summed E-state index contributed by atoms with van der Waals surface area (Å²) < 4.78 is 17.6. The number of thiocarbonyl (C=S) groups is 1. The Balaban J connectivity index is 1.71. The Labute approximate surface area is 221 Å². The highest BCUT2D eigenvalue weighted by atomic mass is 79.9. The lowest BCUT2D eigenvalue weighted by Gasteiger charge is -2.14. The standard InChI is InChI=1S/C24H23BrClNO5S2/c1-3-10-31-21(28)8-9-27-23(29)20(34-24(27)33)13-16-11-18(25)22(19(12-16)30-2)32-14-15-4-6-17(26)7-5-15/h4-7,11-13H,3,8-10,14H2,1-2H3/b20-13-. The van der Waals surface area contributed by atoms with Gasteiger partial charge in [-0.15, -0.1) is 0 Å². The number of ether oxygens (including phenoxy) is 3. The van der Waals surface area contributed by atoms with Crippen LogP contribution in [-0.4, -0.2) is 41.4 Å². The zero-order chi connectivity index (χ0) is 24.7. The number of carbonyl (C=O) groups is 2. The van der Waals surface area contributed by atoms with Crippen LogP contribution in [0.25, 0.3) is 6.08 Å². The van der Waals surface area contributed by atoms with Crippen LogP contribution >= 0.6 is 51.5 Å². The van der Waals surface area contributed by atoms with Crippen molar-refractivity contribution < 1.29 is 23.8 Å². The molecule has 1 saturated heterocycles. The van der Waals surface area contributed by atoms with Gasteiger partial charge in [0.2, 0.25) is 0 Å². The second kappa shape index (κ2) is 12.6. The molecule has 0 unspecified atom stereocenters. The number of methoxy groups -OCH3 is 1. The average Bonchev–Trinajstić information content (AvgIpc) is 3.08. The van der Waals surface area contributed by atoms with Crippen LogP contribution in [0.4, 0.5) is 0 Å². The number of rotatable bonds is 10. The molecule has 0 aromatic heterocycles. The second-order valence-corrected chi connectivity index (χ2v) is 10.2. The van der Waals surface area contributed by atoms with Crippen LogP contribution in [0.5, 0.6) is 11.5 Å². The molecule has 2 aromatic rings. The van der Waals surface area contributed by atoms with Gasteiger partial charge in [-0.3, -0.25) is 14.5 Å². The molecule has 6 nitrogen and oxygen atoms in total. The lowest BCUT2D eigenvalue weighted by Crippen LogP contribution is -2.30. The molecule has 0 bridgehead atoms. The van der Waals surface area contributed by atoms with Crippen molar-refractivity contribution in [2.24, 2.45) is 0 Å². The van der Waals surface area contributed by atoms with Gasteiger partial charge >= 0.3 is 5.97 Å². The summed E-state index contributed by atoms with van der Waals surface area (Å²) in [4.78, 5) is 26.5. The predicted molar refractivity (Wildman–Crippen MR) is 142 cm³/mol. The van der Waals surface area contributed by atoms with Crippen LogP contribution in [0.3, 0.4) is 0 Å². The molecule has 180 valence electrons. The monoisotopic (exact) mass is 583 g/mol. The lowest BCUT2D eigenvalue weighted by molar-refractivity contribution is -0.143. The first kappa shape index (κ1) is 26.5. The van der Waals surface area contributed by atoms with E-state index in [-0.39, 0.29) is 24.8 Å². The fourth-order valence-corrected chi connectivity index (χ4v) is 5.04. The zero-order valence-corrected chi connectivity index (χ0v) is 22.6. The van der Waals surface area contributed by atoms with E-state index in [1.807, 2.05) is 25.1 Å². The number of amides is 1. The minimum absolute atomic E-state index is 0.0960. The SMILES string of the molecule is CCCOC(=O)CCN1C(=O)/C(=C/c2cc(Br)c(OCc3ccc(Cl)cc3)c(OC)c2)SC1=S. The molecular weight excluding hydrogens is 562 g/mol. The third-order valence-electron chi connectivity index (χ3n) is 4.73. The Hall–Kier alpha value is -2.07. The van der Waals surface area contributed by atoms with E-state index in [1.54, 1.807) is 31.4 Å². The molecule has 0 atom stereocenters. The van der Waals surface area contributed by atoms with E-state index < -0.39 is 0 Å². The number of halogens is 2. The molecule has 0 N–H and O–H groups in total. The molecule has 3 rings (SSSR count). The molecular formula is C24H23BrClNO5S2. The molecule has 0 saturated carbocycles. The molecule has 1 amide bonds. The first-order valence-corrected chi connectivity index (χ1v) is 12.9. The average molecular weight is 585 g/mol. The summed E-state index contributed by atoms with van der Waals surface area (Å²) in [6.07, 6.45) is 2.59.